The van der Waals surface area contributed by atoms with Crippen LogP contribution in [0.1, 0.15) is 17.3 Å². The number of aliphatic hydroxyl groups excluding tert-OH is 1. The number of aromatic nitrogens is 2. The van der Waals surface area contributed by atoms with Gasteiger partial charge in [-0.1, -0.05) is 0 Å². The number of nitrogens with zero attached hydrogens (tertiary/aromatic N) is 1. The van der Waals surface area contributed by atoms with Crippen LogP contribution in [-0.4, -0.2) is 46.9 Å². The molecule has 1 heterocycles. The number of aliphatic hydroxyl groups is 1. The van der Waals surface area contributed by atoms with E-state index in [2.05, 4.69) is 20.8 Å². The number of carbonyl (C=O) groups excluding carboxylic acids is 1. The van der Waals surface area contributed by atoms with Crippen LogP contribution in [0.3, 0.4) is 0 Å². The number of hydrogen-bond acceptors (Lipinski definition) is 4. The van der Waals surface area contributed by atoms with Crippen molar-refractivity contribution in [1.82, 2.24) is 20.8 Å². The summed E-state index contributed by atoms with van der Waals surface area (Å²) >= 11 is 0. The first-order chi connectivity index (χ1) is 7.20. The van der Waals surface area contributed by atoms with E-state index in [1.807, 2.05) is 0 Å². The Kier molecular flexibility index (Phi) is 4.79. The van der Waals surface area contributed by atoms with E-state index < -0.39 is 0 Å². The Morgan fingerprint density at radius 1 is 1.67 bits per heavy atom. The number of H-pyrrole nitrogens is 1. The second-order valence-corrected chi connectivity index (χ2v) is 3.30. The van der Waals surface area contributed by atoms with Crippen molar-refractivity contribution in [2.24, 2.45) is 0 Å². The molecule has 1 amide bonds. The van der Waals surface area contributed by atoms with Gasteiger partial charge in [-0.3, -0.25) is 9.89 Å². The van der Waals surface area contributed by atoms with E-state index in [9.17, 15) is 4.79 Å². The Bertz CT molecular complexity index is 284. The normalized spacial score (nSPS) is 12.4. The Balaban J connectivity index is 2.08. The summed E-state index contributed by atoms with van der Waals surface area (Å²) in [6.45, 7) is 3.39. The molecule has 6 nitrogen and oxygen atoms in total. The summed E-state index contributed by atoms with van der Waals surface area (Å²) in [4.78, 5) is 11.4. The second kappa shape index (κ2) is 6.15. The first-order valence-corrected chi connectivity index (χ1v) is 4.86. The first kappa shape index (κ1) is 11.7. The zero-order valence-corrected chi connectivity index (χ0v) is 8.66. The van der Waals surface area contributed by atoms with Crippen LogP contribution in [0.5, 0.6) is 0 Å². The molecule has 4 N–H and O–H groups in total. The molecule has 0 bridgehead atoms. The summed E-state index contributed by atoms with van der Waals surface area (Å²) in [5, 5.41) is 20.9. The monoisotopic (exact) mass is 212 g/mol. The van der Waals surface area contributed by atoms with E-state index in [0.29, 0.717) is 25.2 Å². The van der Waals surface area contributed by atoms with Gasteiger partial charge in [-0.2, -0.15) is 5.10 Å². The number of amides is 1. The Labute approximate surface area is 88.1 Å². The van der Waals surface area contributed by atoms with Crippen molar-refractivity contribution in [3.8, 4) is 0 Å². The summed E-state index contributed by atoms with van der Waals surface area (Å²) in [5.41, 5.74) is 0.519. The minimum atomic E-state index is -0.366. The highest BCUT2D eigenvalue weighted by Gasteiger charge is 2.04. The van der Waals surface area contributed by atoms with Crippen LogP contribution >= 0.6 is 0 Å². The molecule has 0 saturated carbocycles. The fourth-order valence-electron chi connectivity index (χ4n) is 1.05. The van der Waals surface area contributed by atoms with Crippen molar-refractivity contribution < 1.29 is 9.90 Å². The molecule has 0 aliphatic rings. The molecule has 0 spiro atoms. The minimum absolute atomic E-state index is 0.150. The number of carbonyl (C=O) groups is 1. The lowest BCUT2D eigenvalue weighted by Crippen LogP contribution is -2.34. The van der Waals surface area contributed by atoms with Crippen LogP contribution in [0.4, 0.5) is 0 Å². The highest BCUT2D eigenvalue weighted by molar-refractivity contribution is 5.93. The van der Waals surface area contributed by atoms with Crippen molar-refractivity contribution in [2.45, 2.75) is 13.0 Å². The predicted molar refractivity (Wildman–Crippen MR) is 55.5 cm³/mol. The lowest BCUT2D eigenvalue weighted by Gasteiger charge is -2.07. The van der Waals surface area contributed by atoms with Crippen LogP contribution in [0.2, 0.25) is 0 Å². The molecule has 1 aromatic rings. The second-order valence-electron chi connectivity index (χ2n) is 3.30. The number of rotatable bonds is 6. The number of hydrogen-bond donors (Lipinski definition) is 4. The van der Waals surface area contributed by atoms with Crippen LogP contribution in [0.25, 0.3) is 0 Å². The quantitative estimate of drug-likeness (QED) is 0.460. The smallest absolute Gasteiger partial charge is 0.254 e. The average Bonchev–Trinajstić information content (AvgIpc) is 2.69. The molecule has 0 aromatic carbocycles. The molecular formula is C9H16N4O2. The fourth-order valence-corrected chi connectivity index (χ4v) is 1.05. The third-order valence-corrected chi connectivity index (χ3v) is 1.79. The van der Waals surface area contributed by atoms with Gasteiger partial charge in [0.25, 0.3) is 5.91 Å². The van der Waals surface area contributed by atoms with E-state index in [4.69, 9.17) is 5.11 Å². The third kappa shape index (κ3) is 4.57. The summed E-state index contributed by atoms with van der Waals surface area (Å²) in [6, 6.07) is 0. The maximum absolute atomic E-state index is 11.4. The zero-order chi connectivity index (χ0) is 11.1. The summed E-state index contributed by atoms with van der Waals surface area (Å²) in [7, 11) is 0. The lowest BCUT2D eigenvalue weighted by molar-refractivity contribution is 0.0953. The van der Waals surface area contributed by atoms with Gasteiger partial charge < -0.3 is 15.7 Å². The maximum atomic E-state index is 11.4. The van der Waals surface area contributed by atoms with Crippen LogP contribution in [0.15, 0.2) is 12.4 Å². The summed E-state index contributed by atoms with van der Waals surface area (Å²) in [5.74, 6) is -0.150. The molecule has 1 unspecified atom stereocenters. The molecule has 0 aliphatic heterocycles. The van der Waals surface area contributed by atoms with Crippen molar-refractivity contribution >= 4 is 5.91 Å². The van der Waals surface area contributed by atoms with E-state index in [1.165, 1.54) is 6.20 Å². The highest BCUT2D eigenvalue weighted by Crippen LogP contribution is 1.91. The molecule has 0 saturated heterocycles. The van der Waals surface area contributed by atoms with Gasteiger partial charge in [0.05, 0.1) is 17.9 Å². The van der Waals surface area contributed by atoms with E-state index in [-0.39, 0.29) is 12.0 Å². The Hall–Kier alpha value is -1.40. The van der Waals surface area contributed by atoms with Gasteiger partial charge >= 0.3 is 0 Å². The minimum Gasteiger partial charge on any atom is -0.392 e. The van der Waals surface area contributed by atoms with Gasteiger partial charge in [-0.25, -0.2) is 0 Å². The molecule has 1 atom stereocenters. The van der Waals surface area contributed by atoms with E-state index in [1.54, 1.807) is 13.1 Å². The molecule has 1 rings (SSSR count). The van der Waals surface area contributed by atoms with Crippen LogP contribution in [0, 0.1) is 0 Å². The fraction of sp³-hybridized carbons (Fsp3) is 0.556. The van der Waals surface area contributed by atoms with Crippen molar-refractivity contribution in [3.05, 3.63) is 18.0 Å². The lowest BCUT2D eigenvalue weighted by atomic mass is 10.3. The molecule has 6 heteroatoms. The maximum Gasteiger partial charge on any atom is 0.254 e. The van der Waals surface area contributed by atoms with Gasteiger partial charge in [0.1, 0.15) is 0 Å². The number of nitrogens with one attached hydrogen (secondary N) is 3. The van der Waals surface area contributed by atoms with Crippen molar-refractivity contribution in [3.63, 3.8) is 0 Å². The van der Waals surface area contributed by atoms with Crippen LogP contribution in [-0.2, 0) is 0 Å². The Morgan fingerprint density at radius 2 is 2.47 bits per heavy atom. The first-order valence-electron chi connectivity index (χ1n) is 4.86. The van der Waals surface area contributed by atoms with E-state index in [0.717, 1.165) is 0 Å². The standard InChI is InChI=1S/C9H16N4O2/c1-7(14)4-10-2-3-11-9(15)8-5-12-13-6-8/h5-7,10,14H,2-4H2,1H3,(H,11,15)(H,12,13). The Morgan fingerprint density at radius 3 is 3.07 bits per heavy atom. The summed E-state index contributed by atoms with van der Waals surface area (Å²) in [6.07, 6.45) is 2.64. The average molecular weight is 212 g/mol. The SMILES string of the molecule is CC(O)CNCCNC(=O)c1cn[nH]c1. The van der Waals surface area contributed by atoms with Crippen LogP contribution < -0.4 is 10.6 Å². The van der Waals surface area contributed by atoms with Gasteiger partial charge in [-0.05, 0) is 6.92 Å². The topological polar surface area (TPSA) is 90.0 Å². The molecular weight excluding hydrogens is 196 g/mol. The van der Waals surface area contributed by atoms with Gasteiger partial charge in [-0.15, -0.1) is 0 Å². The van der Waals surface area contributed by atoms with Gasteiger partial charge in [0.2, 0.25) is 0 Å². The molecule has 84 valence electrons. The molecule has 0 fully saturated rings. The van der Waals surface area contributed by atoms with Crippen molar-refractivity contribution in [2.75, 3.05) is 19.6 Å². The number of aromatic amines is 1. The van der Waals surface area contributed by atoms with Gasteiger partial charge in [0.15, 0.2) is 0 Å². The molecule has 15 heavy (non-hydrogen) atoms. The third-order valence-electron chi connectivity index (χ3n) is 1.79. The van der Waals surface area contributed by atoms with Gasteiger partial charge in [0, 0.05) is 25.8 Å². The predicted octanol–water partition coefficient (Wildman–Crippen LogP) is -0.890. The molecule has 0 radical (unpaired) electrons. The zero-order valence-electron chi connectivity index (χ0n) is 8.66. The van der Waals surface area contributed by atoms with E-state index >= 15 is 0 Å². The summed E-state index contributed by atoms with van der Waals surface area (Å²) < 4.78 is 0. The molecule has 1 aromatic heterocycles. The molecule has 0 aliphatic carbocycles. The van der Waals surface area contributed by atoms with Crippen molar-refractivity contribution in [1.29, 1.82) is 0 Å². The largest absolute Gasteiger partial charge is 0.392 e. The highest BCUT2D eigenvalue weighted by atomic mass is 16.3.